The van der Waals surface area contributed by atoms with Gasteiger partial charge < -0.3 is 9.84 Å². The van der Waals surface area contributed by atoms with Gasteiger partial charge in [-0.1, -0.05) is 22.0 Å². The molecule has 0 atom stereocenters. The molecule has 3 heteroatoms. The summed E-state index contributed by atoms with van der Waals surface area (Å²) in [4.78, 5) is 0. The highest BCUT2D eigenvalue weighted by Crippen LogP contribution is 2.17. The van der Waals surface area contributed by atoms with Crippen molar-refractivity contribution in [2.24, 2.45) is 0 Å². The average molecular weight is 217 g/mol. The van der Waals surface area contributed by atoms with E-state index in [0.29, 0.717) is 12.4 Å². The van der Waals surface area contributed by atoms with E-state index in [-0.39, 0.29) is 5.75 Å². The molecule has 0 aliphatic carbocycles. The zero-order valence-corrected chi connectivity index (χ0v) is 7.54. The molecular weight excluding hydrogens is 208 g/mol. The van der Waals surface area contributed by atoms with E-state index < -0.39 is 0 Å². The molecule has 0 amide bonds. The molecule has 0 heterocycles. The predicted octanol–water partition coefficient (Wildman–Crippen LogP) is 2.17. The Balaban J connectivity index is 2.56. The van der Waals surface area contributed by atoms with Crippen LogP contribution in [0.1, 0.15) is 0 Å². The third-order valence-electron chi connectivity index (χ3n) is 1.16. The van der Waals surface area contributed by atoms with Gasteiger partial charge in [-0.05, 0) is 12.1 Å². The van der Waals surface area contributed by atoms with Crippen LogP contribution in [0.5, 0.6) is 11.5 Å². The molecule has 0 bridgehead atoms. The van der Waals surface area contributed by atoms with E-state index in [1.165, 1.54) is 0 Å². The summed E-state index contributed by atoms with van der Waals surface area (Å²) < 4.78 is 5.23. The fourth-order valence-corrected chi connectivity index (χ4v) is 0.892. The van der Waals surface area contributed by atoms with Crippen LogP contribution in [0.4, 0.5) is 0 Å². The first-order chi connectivity index (χ1) is 5.33. The van der Waals surface area contributed by atoms with Crippen LogP contribution in [-0.2, 0) is 0 Å². The Hall–Kier alpha value is -0.700. The number of phenolic OH excluding ortho intramolecular Hbond substituents is 1. The van der Waals surface area contributed by atoms with E-state index in [1.807, 2.05) is 6.07 Å². The van der Waals surface area contributed by atoms with E-state index in [2.05, 4.69) is 15.9 Å². The highest BCUT2D eigenvalue weighted by atomic mass is 79.9. The van der Waals surface area contributed by atoms with Gasteiger partial charge in [-0.25, -0.2) is 0 Å². The maximum absolute atomic E-state index is 9.02. The lowest BCUT2D eigenvalue weighted by Gasteiger charge is -2.02. The molecule has 0 spiro atoms. The largest absolute Gasteiger partial charge is 0.508 e. The van der Waals surface area contributed by atoms with Crippen LogP contribution in [0.15, 0.2) is 24.3 Å². The van der Waals surface area contributed by atoms with Gasteiger partial charge in [0.1, 0.15) is 11.5 Å². The Morgan fingerprint density at radius 2 is 2.27 bits per heavy atom. The summed E-state index contributed by atoms with van der Waals surface area (Å²) in [5.74, 6) is 0.932. The lowest BCUT2D eigenvalue weighted by atomic mass is 10.3. The fraction of sp³-hybridized carbons (Fsp3) is 0.250. The summed E-state index contributed by atoms with van der Waals surface area (Å²) in [5, 5.41) is 9.81. The number of hydrogen-bond donors (Lipinski definition) is 1. The Kier molecular flexibility index (Phi) is 3.23. The molecule has 0 radical (unpaired) electrons. The minimum atomic E-state index is 0.233. The normalized spacial score (nSPS) is 9.55. The van der Waals surface area contributed by atoms with Crippen molar-refractivity contribution in [2.45, 2.75) is 0 Å². The van der Waals surface area contributed by atoms with Crippen LogP contribution in [0.25, 0.3) is 0 Å². The van der Waals surface area contributed by atoms with Crippen molar-refractivity contribution in [3.8, 4) is 11.5 Å². The molecule has 0 fully saturated rings. The van der Waals surface area contributed by atoms with Crippen molar-refractivity contribution in [1.82, 2.24) is 0 Å². The first-order valence-corrected chi connectivity index (χ1v) is 4.43. The second-order valence-corrected chi connectivity index (χ2v) is 2.83. The average Bonchev–Trinajstić information content (AvgIpc) is 2.01. The zero-order chi connectivity index (χ0) is 8.10. The number of aromatic hydroxyl groups is 1. The lowest BCUT2D eigenvalue weighted by Crippen LogP contribution is -1.96. The number of alkyl halides is 1. The molecule has 11 heavy (non-hydrogen) atoms. The molecule has 60 valence electrons. The molecule has 1 aromatic carbocycles. The minimum absolute atomic E-state index is 0.233. The highest BCUT2D eigenvalue weighted by Gasteiger charge is 1.92. The summed E-state index contributed by atoms with van der Waals surface area (Å²) >= 11 is 3.24. The summed E-state index contributed by atoms with van der Waals surface area (Å²) in [5.41, 5.74) is 0. The van der Waals surface area contributed by atoms with Gasteiger partial charge in [0.15, 0.2) is 0 Å². The molecular formula is C8H9BrO2. The van der Waals surface area contributed by atoms with E-state index in [0.717, 1.165) is 5.33 Å². The Morgan fingerprint density at radius 3 is 2.91 bits per heavy atom. The van der Waals surface area contributed by atoms with Gasteiger partial charge in [0.25, 0.3) is 0 Å². The van der Waals surface area contributed by atoms with Crippen LogP contribution >= 0.6 is 15.9 Å². The van der Waals surface area contributed by atoms with Crippen molar-refractivity contribution >= 4 is 15.9 Å². The van der Waals surface area contributed by atoms with E-state index >= 15 is 0 Å². The minimum Gasteiger partial charge on any atom is -0.508 e. The SMILES string of the molecule is Oc1cccc(OCCBr)c1. The van der Waals surface area contributed by atoms with Crippen molar-refractivity contribution in [3.63, 3.8) is 0 Å². The molecule has 0 aromatic heterocycles. The number of benzene rings is 1. The quantitative estimate of drug-likeness (QED) is 0.786. The van der Waals surface area contributed by atoms with Gasteiger partial charge in [0.2, 0.25) is 0 Å². The Labute approximate surface area is 73.9 Å². The Bertz CT molecular complexity index is 225. The van der Waals surface area contributed by atoms with Crippen LogP contribution < -0.4 is 4.74 Å². The lowest BCUT2D eigenvalue weighted by molar-refractivity contribution is 0.342. The molecule has 0 unspecified atom stereocenters. The van der Waals surface area contributed by atoms with Crippen LogP contribution in [-0.4, -0.2) is 17.0 Å². The van der Waals surface area contributed by atoms with Gasteiger partial charge in [-0.2, -0.15) is 0 Å². The second-order valence-electron chi connectivity index (χ2n) is 2.03. The van der Waals surface area contributed by atoms with Crippen molar-refractivity contribution in [1.29, 1.82) is 0 Å². The first-order valence-electron chi connectivity index (χ1n) is 3.31. The van der Waals surface area contributed by atoms with Crippen LogP contribution in [0.3, 0.4) is 0 Å². The van der Waals surface area contributed by atoms with Crippen LogP contribution in [0, 0.1) is 0 Å². The Morgan fingerprint density at radius 1 is 1.45 bits per heavy atom. The van der Waals surface area contributed by atoms with Gasteiger partial charge in [-0.3, -0.25) is 0 Å². The zero-order valence-electron chi connectivity index (χ0n) is 5.96. The maximum atomic E-state index is 9.02. The standard InChI is InChI=1S/C8H9BrO2/c9-4-5-11-8-3-1-2-7(10)6-8/h1-3,6,10H,4-5H2. The molecule has 1 aromatic rings. The van der Waals surface area contributed by atoms with Gasteiger partial charge >= 0.3 is 0 Å². The molecule has 1 N–H and O–H groups in total. The molecule has 0 aliphatic rings. The van der Waals surface area contributed by atoms with E-state index in [9.17, 15) is 0 Å². The van der Waals surface area contributed by atoms with E-state index in [4.69, 9.17) is 9.84 Å². The molecule has 0 aliphatic heterocycles. The summed E-state index contributed by atoms with van der Waals surface area (Å²) in [7, 11) is 0. The smallest absolute Gasteiger partial charge is 0.123 e. The second kappa shape index (κ2) is 4.23. The molecule has 0 saturated heterocycles. The number of halogens is 1. The first kappa shape index (κ1) is 8.40. The third-order valence-corrected chi connectivity index (χ3v) is 1.49. The summed E-state index contributed by atoms with van der Waals surface area (Å²) in [6.07, 6.45) is 0. The summed E-state index contributed by atoms with van der Waals surface area (Å²) in [6.45, 7) is 0.615. The number of ether oxygens (including phenoxy) is 1. The molecule has 2 nitrogen and oxygen atoms in total. The fourth-order valence-electron chi connectivity index (χ4n) is 0.730. The van der Waals surface area contributed by atoms with Crippen LogP contribution in [0.2, 0.25) is 0 Å². The van der Waals surface area contributed by atoms with Crippen molar-refractivity contribution in [2.75, 3.05) is 11.9 Å². The highest BCUT2D eigenvalue weighted by molar-refractivity contribution is 9.09. The third kappa shape index (κ3) is 2.80. The molecule has 0 saturated carbocycles. The monoisotopic (exact) mass is 216 g/mol. The number of hydrogen-bond acceptors (Lipinski definition) is 2. The van der Waals surface area contributed by atoms with Crippen molar-refractivity contribution < 1.29 is 9.84 Å². The molecule has 1 rings (SSSR count). The topological polar surface area (TPSA) is 29.5 Å². The number of rotatable bonds is 3. The van der Waals surface area contributed by atoms with Gasteiger partial charge in [-0.15, -0.1) is 0 Å². The summed E-state index contributed by atoms with van der Waals surface area (Å²) in [6, 6.07) is 6.75. The maximum Gasteiger partial charge on any atom is 0.123 e. The van der Waals surface area contributed by atoms with Crippen molar-refractivity contribution in [3.05, 3.63) is 24.3 Å². The van der Waals surface area contributed by atoms with Gasteiger partial charge in [0, 0.05) is 11.4 Å². The van der Waals surface area contributed by atoms with E-state index in [1.54, 1.807) is 18.2 Å². The predicted molar refractivity (Wildman–Crippen MR) is 47.4 cm³/mol. The number of phenols is 1. The van der Waals surface area contributed by atoms with Gasteiger partial charge in [0.05, 0.1) is 6.61 Å².